The third-order valence-electron chi connectivity index (χ3n) is 3.77. The van der Waals surface area contributed by atoms with E-state index in [9.17, 15) is 4.79 Å². The standard InChI is InChI=1S/C16H22N4O/c1-13(2)3-4-16(21)20-9-7-19(8-10-20)15-11-14(12-17)5-6-18-15/h5-6,11,13H,3-4,7-10H2,1-2H3. The molecule has 0 N–H and O–H groups in total. The first kappa shape index (κ1) is 15.3. The topological polar surface area (TPSA) is 60.2 Å². The van der Waals surface area contributed by atoms with Crippen molar-refractivity contribution >= 4 is 11.7 Å². The molecule has 0 atom stereocenters. The number of piperazine rings is 1. The van der Waals surface area contributed by atoms with Crippen molar-refractivity contribution in [2.24, 2.45) is 5.92 Å². The van der Waals surface area contributed by atoms with Crippen LogP contribution in [-0.2, 0) is 4.79 Å². The quantitative estimate of drug-likeness (QED) is 0.850. The van der Waals surface area contributed by atoms with Crippen molar-refractivity contribution < 1.29 is 4.79 Å². The number of hydrogen-bond acceptors (Lipinski definition) is 4. The fraction of sp³-hybridized carbons (Fsp3) is 0.562. The Kier molecular flexibility index (Phi) is 5.15. The third kappa shape index (κ3) is 4.19. The molecule has 112 valence electrons. The Morgan fingerprint density at radius 2 is 2.10 bits per heavy atom. The molecule has 1 aliphatic rings. The first-order valence-corrected chi connectivity index (χ1v) is 7.49. The highest BCUT2D eigenvalue weighted by Crippen LogP contribution is 2.16. The van der Waals surface area contributed by atoms with E-state index in [4.69, 9.17) is 5.26 Å². The summed E-state index contributed by atoms with van der Waals surface area (Å²) < 4.78 is 0. The first-order valence-electron chi connectivity index (χ1n) is 7.49. The molecule has 0 unspecified atom stereocenters. The molecule has 1 saturated heterocycles. The largest absolute Gasteiger partial charge is 0.353 e. The van der Waals surface area contributed by atoms with E-state index in [0.29, 0.717) is 17.9 Å². The monoisotopic (exact) mass is 286 g/mol. The summed E-state index contributed by atoms with van der Waals surface area (Å²) in [5, 5.41) is 8.93. The summed E-state index contributed by atoms with van der Waals surface area (Å²) in [6.07, 6.45) is 3.25. The van der Waals surface area contributed by atoms with Gasteiger partial charge < -0.3 is 9.80 Å². The fourth-order valence-corrected chi connectivity index (χ4v) is 2.42. The van der Waals surface area contributed by atoms with E-state index in [1.165, 1.54) is 0 Å². The van der Waals surface area contributed by atoms with Gasteiger partial charge in [0.2, 0.25) is 5.91 Å². The van der Waals surface area contributed by atoms with E-state index >= 15 is 0 Å². The lowest BCUT2D eigenvalue weighted by molar-refractivity contribution is -0.131. The van der Waals surface area contributed by atoms with E-state index < -0.39 is 0 Å². The Bertz CT molecular complexity index is 527. The molecular formula is C16H22N4O. The third-order valence-corrected chi connectivity index (χ3v) is 3.77. The maximum atomic E-state index is 12.1. The second-order valence-corrected chi connectivity index (χ2v) is 5.81. The molecule has 0 radical (unpaired) electrons. The Balaban J connectivity index is 1.88. The normalized spacial score (nSPS) is 15.1. The average Bonchev–Trinajstić information content (AvgIpc) is 2.52. The molecule has 2 heterocycles. The molecular weight excluding hydrogens is 264 g/mol. The molecule has 2 rings (SSSR count). The van der Waals surface area contributed by atoms with Crippen LogP contribution in [0.2, 0.25) is 0 Å². The van der Waals surface area contributed by atoms with Crippen LogP contribution in [-0.4, -0.2) is 42.0 Å². The zero-order valence-electron chi connectivity index (χ0n) is 12.7. The lowest BCUT2D eigenvalue weighted by atomic mass is 10.1. The molecule has 0 aromatic carbocycles. The fourth-order valence-electron chi connectivity index (χ4n) is 2.42. The molecule has 1 fully saturated rings. The minimum atomic E-state index is 0.252. The molecule has 5 heteroatoms. The number of nitriles is 1. The molecule has 1 aromatic rings. The van der Waals surface area contributed by atoms with Crippen molar-refractivity contribution in [2.45, 2.75) is 26.7 Å². The predicted octanol–water partition coefficient (Wildman–Crippen LogP) is 2.04. The molecule has 1 aliphatic heterocycles. The van der Waals surface area contributed by atoms with Crippen LogP contribution in [0.5, 0.6) is 0 Å². The predicted molar refractivity (Wildman–Crippen MR) is 81.8 cm³/mol. The van der Waals surface area contributed by atoms with Crippen molar-refractivity contribution in [1.29, 1.82) is 5.26 Å². The highest BCUT2D eigenvalue weighted by Gasteiger charge is 2.21. The summed E-state index contributed by atoms with van der Waals surface area (Å²) in [7, 11) is 0. The molecule has 0 saturated carbocycles. The van der Waals surface area contributed by atoms with Gasteiger partial charge in [-0.15, -0.1) is 0 Å². The van der Waals surface area contributed by atoms with E-state index in [-0.39, 0.29) is 5.91 Å². The maximum Gasteiger partial charge on any atom is 0.222 e. The molecule has 0 spiro atoms. The van der Waals surface area contributed by atoms with Crippen molar-refractivity contribution in [3.63, 3.8) is 0 Å². The van der Waals surface area contributed by atoms with Gasteiger partial charge in [-0.2, -0.15) is 5.26 Å². The summed E-state index contributed by atoms with van der Waals surface area (Å²) in [6.45, 7) is 7.29. The van der Waals surface area contributed by atoms with Gasteiger partial charge in [0.25, 0.3) is 0 Å². The lowest BCUT2D eigenvalue weighted by Gasteiger charge is -2.35. The zero-order valence-corrected chi connectivity index (χ0v) is 12.7. The van der Waals surface area contributed by atoms with E-state index in [1.807, 2.05) is 4.90 Å². The van der Waals surface area contributed by atoms with E-state index in [1.54, 1.807) is 18.3 Å². The number of hydrogen-bond donors (Lipinski definition) is 0. The minimum Gasteiger partial charge on any atom is -0.353 e. The van der Waals surface area contributed by atoms with Crippen LogP contribution in [0.3, 0.4) is 0 Å². The second kappa shape index (κ2) is 7.07. The molecule has 5 nitrogen and oxygen atoms in total. The number of rotatable bonds is 4. The highest BCUT2D eigenvalue weighted by molar-refractivity contribution is 5.76. The Morgan fingerprint density at radius 1 is 1.38 bits per heavy atom. The average molecular weight is 286 g/mol. The van der Waals surface area contributed by atoms with Gasteiger partial charge in [-0.3, -0.25) is 4.79 Å². The van der Waals surface area contributed by atoms with Crippen LogP contribution in [0.4, 0.5) is 5.82 Å². The summed E-state index contributed by atoms with van der Waals surface area (Å²) in [5.41, 5.74) is 0.621. The van der Waals surface area contributed by atoms with Gasteiger partial charge in [-0.25, -0.2) is 4.98 Å². The van der Waals surface area contributed by atoms with Crippen molar-refractivity contribution in [1.82, 2.24) is 9.88 Å². The molecule has 21 heavy (non-hydrogen) atoms. The Hall–Kier alpha value is -2.09. The van der Waals surface area contributed by atoms with Crippen LogP contribution in [0.25, 0.3) is 0 Å². The number of carbonyl (C=O) groups excluding carboxylic acids is 1. The number of carbonyl (C=O) groups is 1. The lowest BCUT2D eigenvalue weighted by Crippen LogP contribution is -2.49. The van der Waals surface area contributed by atoms with Gasteiger partial charge in [0, 0.05) is 38.8 Å². The number of nitrogens with zero attached hydrogens (tertiary/aromatic N) is 4. The van der Waals surface area contributed by atoms with Crippen LogP contribution in [0.15, 0.2) is 18.3 Å². The molecule has 0 aliphatic carbocycles. The smallest absolute Gasteiger partial charge is 0.222 e. The van der Waals surface area contributed by atoms with Crippen LogP contribution in [0.1, 0.15) is 32.3 Å². The number of anilines is 1. The maximum absolute atomic E-state index is 12.1. The minimum absolute atomic E-state index is 0.252. The zero-order chi connectivity index (χ0) is 15.2. The van der Waals surface area contributed by atoms with Crippen molar-refractivity contribution in [3.05, 3.63) is 23.9 Å². The van der Waals surface area contributed by atoms with E-state index in [2.05, 4.69) is 29.8 Å². The van der Waals surface area contributed by atoms with Gasteiger partial charge in [0.1, 0.15) is 5.82 Å². The van der Waals surface area contributed by atoms with Crippen LogP contribution < -0.4 is 4.90 Å². The Labute approximate surface area is 126 Å². The Morgan fingerprint density at radius 3 is 2.71 bits per heavy atom. The van der Waals surface area contributed by atoms with Crippen LogP contribution >= 0.6 is 0 Å². The SMILES string of the molecule is CC(C)CCC(=O)N1CCN(c2cc(C#N)ccn2)CC1. The van der Waals surface area contributed by atoms with Crippen molar-refractivity contribution in [2.75, 3.05) is 31.1 Å². The first-order chi connectivity index (χ1) is 10.1. The van der Waals surface area contributed by atoms with Gasteiger partial charge >= 0.3 is 0 Å². The summed E-state index contributed by atoms with van der Waals surface area (Å²) in [4.78, 5) is 20.5. The molecule has 1 aromatic heterocycles. The second-order valence-electron chi connectivity index (χ2n) is 5.81. The summed E-state index contributed by atoms with van der Waals surface area (Å²) in [6, 6.07) is 5.63. The van der Waals surface area contributed by atoms with Crippen LogP contribution in [0, 0.1) is 17.2 Å². The number of amides is 1. The van der Waals surface area contributed by atoms with Gasteiger partial charge in [0.15, 0.2) is 0 Å². The van der Waals surface area contributed by atoms with Crippen molar-refractivity contribution in [3.8, 4) is 6.07 Å². The highest BCUT2D eigenvalue weighted by atomic mass is 16.2. The van der Waals surface area contributed by atoms with Gasteiger partial charge in [-0.05, 0) is 24.5 Å². The molecule has 0 bridgehead atoms. The molecule has 1 amide bonds. The van der Waals surface area contributed by atoms with E-state index in [0.717, 1.165) is 38.4 Å². The van der Waals surface area contributed by atoms with Gasteiger partial charge in [-0.1, -0.05) is 13.8 Å². The summed E-state index contributed by atoms with van der Waals surface area (Å²) in [5.74, 6) is 1.64. The number of aromatic nitrogens is 1. The summed E-state index contributed by atoms with van der Waals surface area (Å²) >= 11 is 0. The van der Waals surface area contributed by atoms with Gasteiger partial charge in [0.05, 0.1) is 11.6 Å². The number of pyridine rings is 1.